The van der Waals surface area contributed by atoms with Crippen molar-refractivity contribution >= 4 is 17.0 Å². The number of nitrogens with zero attached hydrogens (tertiary/aromatic N) is 4. The molecule has 0 aliphatic carbocycles. The topological polar surface area (TPSA) is 67.9 Å². The van der Waals surface area contributed by atoms with E-state index < -0.39 is 0 Å². The van der Waals surface area contributed by atoms with Crippen LogP contribution >= 0.6 is 11.3 Å². The van der Waals surface area contributed by atoms with Gasteiger partial charge in [0.1, 0.15) is 5.82 Å². The quantitative estimate of drug-likeness (QED) is 0.916. The zero-order chi connectivity index (χ0) is 14.7. The highest BCUT2D eigenvalue weighted by Gasteiger charge is 2.13. The van der Waals surface area contributed by atoms with E-state index in [1.165, 1.54) is 0 Å². The van der Waals surface area contributed by atoms with Crippen LogP contribution in [0.3, 0.4) is 0 Å². The van der Waals surface area contributed by atoms with E-state index in [9.17, 15) is 0 Å². The van der Waals surface area contributed by atoms with Crippen LogP contribution in [0.25, 0.3) is 0 Å². The molecule has 0 fully saturated rings. The van der Waals surface area contributed by atoms with Crippen molar-refractivity contribution in [3.05, 3.63) is 33.8 Å². The van der Waals surface area contributed by atoms with E-state index in [-0.39, 0.29) is 0 Å². The average molecular weight is 291 g/mol. The van der Waals surface area contributed by atoms with Gasteiger partial charge in [0.05, 0.1) is 34.8 Å². The molecule has 20 heavy (non-hydrogen) atoms. The Balaban J connectivity index is 2.22. The maximum absolute atomic E-state index is 5.82. The number of rotatable bonds is 5. The van der Waals surface area contributed by atoms with E-state index in [0.717, 1.165) is 34.5 Å². The second kappa shape index (κ2) is 6.28. The van der Waals surface area contributed by atoms with Gasteiger partial charge in [0.15, 0.2) is 0 Å². The Labute approximate surface area is 123 Å². The van der Waals surface area contributed by atoms with E-state index in [1.807, 2.05) is 20.2 Å². The lowest BCUT2D eigenvalue weighted by Crippen LogP contribution is -2.21. The van der Waals surface area contributed by atoms with Gasteiger partial charge < -0.3 is 10.6 Å². The summed E-state index contributed by atoms with van der Waals surface area (Å²) in [5.74, 6) is 1.15. The lowest BCUT2D eigenvalue weighted by atomic mass is 10.2. The molecule has 0 saturated carbocycles. The molecule has 0 bridgehead atoms. The number of hydrogen-bond acceptors (Lipinski definition) is 6. The van der Waals surface area contributed by atoms with Crippen LogP contribution in [0.15, 0.2) is 11.6 Å². The van der Waals surface area contributed by atoms with Crippen molar-refractivity contribution in [2.24, 2.45) is 5.73 Å². The van der Waals surface area contributed by atoms with Crippen molar-refractivity contribution in [1.29, 1.82) is 0 Å². The van der Waals surface area contributed by atoms with E-state index in [4.69, 9.17) is 5.73 Å². The number of thiazole rings is 1. The lowest BCUT2D eigenvalue weighted by Gasteiger charge is -2.21. The number of nitrogens with two attached hydrogens (primary N) is 1. The molecule has 6 heteroatoms. The number of aryl methyl sites for hydroxylation is 1. The van der Waals surface area contributed by atoms with Gasteiger partial charge in [-0.25, -0.2) is 15.0 Å². The van der Waals surface area contributed by atoms with E-state index in [2.05, 4.69) is 39.1 Å². The Morgan fingerprint density at radius 2 is 2.10 bits per heavy atom. The van der Waals surface area contributed by atoms with E-state index in [1.54, 1.807) is 11.3 Å². The molecular weight excluding hydrogens is 270 g/mol. The summed E-state index contributed by atoms with van der Waals surface area (Å²) >= 11 is 1.66. The van der Waals surface area contributed by atoms with Gasteiger partial charge in [-0.3, -0.25) is 0 Å². The molecule has 0 aliphatic heterocycles. The Bertz CT molecular complexity index is 579. The summed E-state index contributed by atoms with van der Waals surface area (Å²) < 4.78 is 0. The lowest BCUT2D eigenvalue weighted by molar-refractivity contribution is 0.747. The minimum absolute atomic E-state index is 0.306. The third kappa shape index (κ3) is 3.32. The Morgan fingerprint density at radius 1 is 1.35 bits per heavy atom. The van der Waals surface area contributed by atoms with Crippen molar-refractivity contribution in [2.45, 2.75) is 39.8 Å². The molecule has 0 radical (unpaired) electrons. The first-order chi connectivity index (χ1) is 9.51. The molecule has 2 aromatic heterocycles. The summed E-state index contributed by atoms with van der Waals surface area (Å²) in [5.41, 5.74) is 8.75. The summed E-state index contributed by atoms with van der Waals surface area (Å²) in [4.78, 5) is 15.6. The van der Waals surface area contributed by atoms with Crippen LogP contribution in [0, 0.1) is 6.92 Å². The van der Waals surface area contributed by atoms with E-state index in [0.29, 0.717) is 12.5 Å². The Morgan fingerprint density at radius 3 is 2.65 bits per heavy atom. The predicted octanol–water partition coefficient (Wildman–Crippen LogP) is 2.46. The van der Waals surface area contributed by atoms with Crippen LogP contribution in [0.4, 0.5) is 5.69 Å². The van der Waals surface area contributed by atoms with E-state index >= 15 is 0 Å². The van der Waals surface area contributed by atoms with Crippen molar-refractivity contribution < 1.29 is 0 Å². The van der Waals surface area contributed by atoms with Crippen molar-refractivity contribution in [2.75, 3.05) is 11.9 Å². The second-order valence-corrected chi connectivity index (χ2v) is 6.20. The van der Waals surface area contributed by atoms with Crippen LogP contribution in [-0.4, -0.2) is 22.0 Å². The first-order valence-corrected chi connectivity index (χ1v) is 7.57. The predicted molar refractivity (Wildman–Crippen MR) is 83.0 cm³/mol. The molecular formula is C14H21N5S. The van der Waals surface area contributed by atoms with Gasteiger partial charge in [0.2, 0.25) is 0 Å². The smallest absolute Gasteiger partial charge is 0.131 e. The van der Waals surface area contributed by atoms with Gasteiger partial charge in [-0.05, 0) is 6.92 Å². The maximum Gasteiger partial charge on any atom is 0.131 e. The summed E-state index contributed by atoms with van der Waals surface area (Å²) in [6.45, 7) is 7.33. The van der Waals surface area contributed by atoms with Crippen molar-refractivity contribution in [1.82, 2.24) is 15.0 Å². The molecule has 2 heterocycles. The van der Waals surface area contributed by atoms with Gasteiger partial charge in [-0.15, -0.1) is 11.3 Å². The molecule has 0 atom stereocenters. The maximum atomic E-state index is 5.82. The molecule has 0 unspecified atom stereocenters. The fraction of sp³-hybridized carbons (Fsp3) is 0.500. The van der Waals surface area contributed by atoms with Gasteiger partial charge in [0, 0.05) is 24.9 Å². The number of anilines is 1. The average Bonchev–Trinajstić information content (AvgIpc) is 2.83. The summed E-state index contributed by atoms with van der Waals surface area (Å²) in [6.07, 6.45) is 1.86. The van der Waals surface area contributed by atoms with Crippen LogP contribution < -0.4 is 10.6 Å². The molecule has 2 rings (SSSR count). The summed E-state index contributed by atoms with van der Waals surface area (Å²) in [5, 5.41) is 3.16. The largest absolute Gasteiger partial charge is 0.366 e. The normalized spacial score (nSPS) is 11.1. The standard InChI is InChI=1S/C14H21N5S/c1-9(2)14-16-6-13(12(5-15)18-14)19(4)7-11-8-20-10(3)17-11/h6,8-9H,5,7,15H2,1-4H3. The molecule has 5 nitrogen and oxygen atoms in total. The zero-order valence-electron chi connectivity index (χ0n) is 12.4. The van der Waals surface area contributed by atoms with Crippen molar-refractivity contribution in [3.63, 3.8) is 0 Å². The third-order valence-corrected chi connectivity index (χ3v) is 3.87. The molecule has 0 spiro atoms. The first-order valence-electron chi connectivity index (χ1n) is 6.69. The first kappa shape index (κ1) is 14.9. The molecule has 108 valence electrons. The highest BCUT2D eigenvalue weighted by molar-refractivity contribution is 7.09. The third-order valence-electron chi connectivity index (χ3n) is 3.05. The fourth-order valence-electron chi connectivity index (χ4n) is 1.98. The second-order valence-electron chi connectivity index (χ2n) is 5.13. The molecule has 0 aromatic carbocycles. The molecule has 0 aliphatic rings. The van der Waals surface area contributed by atoms with Gasteiger partial charge in [0.25, 0.3) is 0 Å². The van der Waals surface area contributed by atoms with Gasteiger partial charge in [-0.2, -0.15) is 0 Å². The van der Waals surface area contributed by atoms with Crippen LogP contribution in [0.2, 0.25) is 0 Å². The van der Waals surface area contributed by atoms with Crippen LogP contribution in [0.5, 0.6) is 0 Å². The monoisotopic (exact) mass is 291 g/mol. The number of hydrogen-bond donors (Lipinski definition) is 1. The zero-order valence-corrected chi connectivity index (χ0v) is 13.2. The summed E-state index contributed by atoms with van der Waals surface area (Å²) in [7, 11) is 2.02. The highest BCUT2D eigenvalue weighted by Crippen LogP contribution is 2.21. The van der Waals surface area contributed by atoms with Crippen LogP contribution in [0.1, 0.15) is 42.0 Å². The number of aromatic nitrogens is 3. The van der Waals surface area contributed by atoms with Crippen molar-refractivity contribution in [3.8, 4) is 0 Å². The Kier molecular flexibility index (Phi) is 4.67. The fourth-order valence-corrected chi connectivity index (χ4v) is 2.59. The minimum Gasteiger partial charge on any atom is -0.366 e. The molecule has 2 N–H and O–H groups in total. The van der Waals surface area contributed by atoms with Gasteiger partial charge in [-0.1, -0.05) is 13.8 Å². The SMILES string of the molecule is Cc1nc(CN(C)c2cnc(C(C)C)nc2CN)cs1. The molecule has 2 aromatic rings. The molecule has 0 amide bonds. The Hall–Kier alpha value is -1.53. The molecule has 0 saturated heterocycles. The van der Waals surface area contributed by atoms with Crippen LogP contribution in [-0.2, 0) is 13.1 Å². The minimum atomic E-state index is 0.306. The summed E-state index contributed by atoms with van der Waals surface area (Å²) in [6, 6.07) is 0. The van der Waals surface area contributed by atoms with Gasteiger partial charge >= 0.3 is 0 Å². The highest BCUT2D eigenvalue weighted by atomic mass is 32.1.